The first kappa shape index (κ1) is 12.5. The van der Waals surface area contributed by atoms with E-state index in [-0.39, 0.29) is 5.91 Å². The lowest BCUT2D eigenvalue weighted by atomic mass is 10.1. The lowest BCUT2D eigenvalue weighted by molar-refractivity contribution is -0.118. The van der Waals surface area contributed by atoms with E-state index in [9.17, 15) is 4.79 Å². The van der Waals surface area contributed by atoms with Gasteiger partial charge in [-0.2, -0.15) is 0 Å². The first-order valence-electron chi connectivity index (χ1n) is 5.33. The van der Waals surface area contributed by atoms with E-state index >= 15 is 0 Å². The number of nitrogens with one attached hydrogen (secondary N) is 1. The number of anilines is 1. The van der Waals surface area contributed by atoms with Crippen LogP contribution in [0.5, 0.6) is 0 Å². The highest BCUT2D eigenvalue weighted by atomic mass is 79.9. The van der Waals surface area contributed by atoms with E-state index in [0.717, 1.165) is 28.6 Å². The number of nitrogens with two attached hydrogens (primary N) is 1. The third-order valence-corrected chi connectivity index (χ3v) is 3.80. The first-order valence-corrected chi connectivity index (χ1v) is 6.53. The van der Waals surface area contributed by atoms with E-state index in [0.29, 0.717) is 4.99 Å². The minimum Gasteiger partial charge on any atom is -0.392 e. The summed E-state index contributed by atoms with van der Waals surface area (Å²) in [6.07, 6.45) is 1.50. The van der Waals surface area contributed by atoms with Gasteiger partial charge in [0.25, 0.3) is 0 Å². The van der Waals surface area contributed by atoms with Gasteiger partial charge in [0.15, 0.2) is 0 Å². The van der Waals surface area contributed by atoms with Gasteiger partial charge in [-0.25, -0.2) is 0 Å². The summed E-state index contributed by atoms with van der Waals surface area (Å²) in [5.41, 5.74) is 6.85. The molecule has 0 bridgehead atoms. The van der Waals surface area contributed by atoms with Crippen LogP contribution in [0.2, 0.25) is 0 Å². The summed E-state index contributed by atoms with van der Waals surface area (Å²) in [7, 11) is 0. The van der Waals surface area contributed by atoms with Crippen molar-refractivity contribution in [1.82, 2.24) is 0 Å². The summed E-state index contributed by atoms with van der Waals surface area (Å²) in [6.45, 7) is 1.97. The third-order valence-electron chi connectivity index (χ3n) is 2.96. The maximum absolute atomic E-state index is 12.1. The smallest absolute Gasteiger partial charge is 0.237 e. The zero-order valence-corrected chi connectivity index (χ0v) is 11.8. The average Bonchev–Trinajstić information content (AvgIpc) is 2.95. The average molecular weight is 313 g/mol. The number of hydrogen-bond donors (Lipinski definition) is 2. The molecular weight excluding hydrogens is 300 g/mol. The summed E-state index contributed by atoms with van der Waals surface area (Å²) < 4.78 is 0.938. The molecule has 17 heavy (non-hydrogen) atoms. The quantitative estimate of drug-likeness (QED) is 0.844. The van der Waals surface area contributed by atoms with E-state index in [1.54, 1.807) is 0 Å². The van der Waals surface area contributed by atoms with Crippen molar-refractivity contribution in [3.63, 3.8) is 0 Å². The molecule has 1 aliphatic rings. The topological polar surface area (TPSA) is 55.1 Å². The van der Waals surface area contributed by atoms with E-state index in [1.165, 1.54) is 0 Å². The van der Waals surface area contributed by atoms with Gasteiger partial charge in [-0.1, -0.05) is 28.1 Å². The predicted octanol–water partition coefficient (Wildman–Crippen LogP) is 2.76. The van der Waals surface area contributed by atoms with Crippen LogP contribution < -0.4 is 11.1 Å². The molecule has 90 valence electrons. The summed E-state index contributed by atoms with van der Waals surface area (Å²) in [4.78, 5) is 12.4. The van der Waals surface area contributed by atoms with E-state index in [2.05, 4.69) is 21.2 Å². The Morgan fingerprint density at radius 3 is 2.59 bits per heavy atom. The number of halogens is 1. The summed E-state index contributed by atoms with van der Waals surface area (Å²) in [5, 5.41) is 2.87. The van der Waals surface area contributed by atoms with Gasteiger partial charge in [0.2, 0.25) is 5.91 Å². The van der Waals surface area contributed by atoms with Crippen LogP contribution in [0, 0.1) is 12.3 Å². The molecule has 1 aromatic carbocycles. The van der Waals surface area contributed by atoms with Gasteiger partial charge in [-0.3, -0.25) is 4.79 Å². The molecule has 0 unspecified atom stereocenters. The van der Waals surface area contributed by atoms with Gasteiger partial charge in [-0.15, -0.1) is 0 Å². The highest BCUT2D eigenvalue weighted by Crippen LogP contribution is 2.46. The number of aryl methyl sites for hydroxylation is 1. The summed E-state index contributed by atoms with van der Waals surface area (Å²) in [6, 6.07) is 5.76. The highest BCUT2D eigenvalue weighted by molar-refractivity contribution is 9.10. The van der Waals surface area contributed by atoms with Crippen LogP contribution in [0.25, 0.3) is 0 Å². The van der Waals surface area contributed by atoms with Crippen LogP contribution in [-0.4, -0.2) is 10.9 Å². The fraction of sp³-hybridized carbons (Fsp3) is 0.333. The Morgan fingerprint density at radius 1 is 1.47 bits per heavy atom. The van der Waals surface area contributed by atoms with Crippen LogP contribution in [0.15, 0.2) is 22.7 Å². The Bertz CT molecular complexity index is 477. The van der Waals surface area contributed by atoms with Crippen LogP contribution in [0.4, 0.5) is 5.69 Å². The summed E-state index contributed by atoms with van der Waals surface area (Å²) in [5.74, 6) is -0.0949. The lowest BCUT2D eigenvalue weighted by Crippen LogP contribution is -2.35. The Labute approximate surface area is 114 Å². The van der Waals surface area contributed by atoms with Crippen LogP contribution in [0.1, 0.15) is 18.4 Å². The van der Waals surface area contributed by atoms with Crippen molar-refractivity contribution in [3.8, 4) is 0 Å². The van der Waals surface area contributed by atoms with Crippen molar-refractivity contribution < 1.29 is 4.79 Å². The molecule has 0 aliphatic heterocycles. The second-order valence-corrected chi connectivity index (χ2v) is 5.77. The third kappa shape index (κ3) is 2.50. The molecule has 1 fully saturated rings. The van der Waals surface area contributed by atoms with Crippen LogP contribution in [-0.2, 0) is 4.79 Å². The summed E-state index contributed by atoms with van der Waals surface area (Å²) >= 11 is 8.34. The maximum atomic E-state index is 12.1. The van der Waals surface area contributed by atoms with E-state index in [1.807, 2.05) is 25.1 Å². The Balaban J connectivity index is 2.16. The number of rotatable bonds is 3. The molecule has 0 atom stereocenters. The molecular formula is C12H13BrN2OS. The second-order valence-electron chi connectivity index (χ2n) is 4.42. The zero-order valence-electron chi connectivity index (χ0n) is 9.42. The molecule has 0 spiro atoms. The van der Waals surface area contributed by atoms with Crippen molar-refractivity contribution in [3.05, 3.63) is 28.2 Å². The molecule has 0 heterocycles. The molecule has 1 saturated carbocycles. The van der Waals surface area contributed by atoms with Gasteiger partial charge in [0, 0.05) is 10.2 Å². The molecule has 3 nitrogen and oxygen atoms in total. The molecule has 2 rings (SSSR count). The minimum atomic E-state index is -0.606. The monoisotopic (exact) mass is 312 g/mol. The van der Waals surface area contributed by atoms with Gasteiger partial charge in [-0.05, 0) is 43.5 Å². The second kappa shape index (κ2) is 4.38. The molecule has 3 N–H and O–H groups in total. The highest BCUT2D eigenvalue weighted by Gasteiger charge is 2.52. The SMILES string of the molecule is Cc1cc(Br)cc(NC(=O)C2(C(N)=S)CC2)c1. The van der Waals surface area contributed by atoms with Gasteiger partial charge < -0.3 is 11.1 Å². The number of carbonyl (C=O) groups excluding carboxylic acids is 1. The number of amides is 1. The van der Waals surface area contributed by atoms with Crippen molar-refractivity contribution in [2.24, 2.45) is 11.1 Å². The lowest BCUT2D eigenvalue weighted by Gasteiger charge is -2.14. The molecule has 0 radical (unpaired) electrons. The number of thiocarbonyl (C=S) groups is 1. The standard InChI is InChI=1S/C12H13BrN2OS/c1-7-4-8(13)6-9(5-7)15-11(16)12(2-3-12)10(14)17/h4-6H,2-3H2,1H3,(H2,14,17)(H,15,16). The van der Waals surface area contributed by atoms with Crippen molar-refractivity contribution >= 4 is 44.7 Å². The van der Waals surface area contributed by atoms with Crippen LogP contribution in [0.3, 0.4) is 0 Å². The van der Waals surface area contributed by atoms with Crippen LogP contribution >= 0.6 is 28.1 Å². The molecule has 5 heteroatoms. The van der Waals surface area contributed by atoms with Crippen molar-refractivity contribution in [1.29, 1.82) is 0 Å². The van der Waals surface area contributed by atoms with Gasteiger partial charge in [0.05, 0.1) is 10.4 Å². The van der Waals surface area contributed by atoms with Gasteiger partial charge >= 0.3 is 0 Å². The van der Waals surface area contributed by atoms with E-state index in [4.69, 9.17) is 18.0 Å². The predicted molar refractivity (Wildman–Crippen MR) is 76.0 cm³/mol. The molecule has 0 saturated heterocycles. The van der Waals surface area contributed by atoms with Gasteiger partial charge in [0.1, 0.15) is 0 Å². The first-order chi connectivity index (χ1) is 7.94. The Hall–Kier alpha value is -0.940. The minimum absolute atomic E-state index is 0.0949. The number of carbonyl (C=O) groups is 1. The fourth-order valence-corrected chi connectivity index (χ4v) is 2.67. The fourth-order valence-electron chi connectivity index (χ4n) is 1.77. The Kier molecular flexibility index (Phi) is 3.23. The molecule has 1 amide bonds. The van der Waals surface area contributed by atoms with E-state index < -0.39 is 5.41 Å². The normalized spacial score (nSPS) is 16.4. The number of hydrogen-bond acceptors (Lipinski definition) is 2. The van der Waals surface area contributed by atoms with Crippen molar-refractivity contribution in [2.45, 2.75) is 19.8 Å². The zero-order chi connectivity index (χ0) is 12.6. The number of benzene rings is 1. The largest absolute Gasteiger partial charge is 0.392 e. The molecule has 1 aromatic rings. The van der Waals surface area contributed by atoms with Crippen molar-refractivity contribution in [2.75, 3.05) is 5.32 Å². The molecule has 1 aliphatic carbocycles. The molecule has 0 aromatic heterocycles. The Morgan fingerprint density at radius 2 is 2.12 bits per heavy atom. The maximum Gasteiger partial charge on any atom is 0.237 e.